The molecule has 2 aromatic heterocycles. The third kappa shape index (κ3) is 2.12. The Bertz CT molecular complexity index is 530. The van der Waals surface area contributed by atoms with Gasteiger partial charge in [-0.25, -0.2) is 15.0 Å². The number of hydrogen-bond donors (Lipinski definition) is 1. The number of carbonyl (C=O) groups excluding carboxylic acids is 1. The fraction of sp³-hybridized carbons (Fsp3) is 0.300. The Balaban J connectivity index is 2.40. The smallest absolute Gasteiger partial charge is 0.268 e. The van der Waals surface area contributed by atoms with Crippen molar-refractivity contribution in [2.24, 2.45) is 5.73 Å². The Hall–Kier alpha value is -2.31. The molecule has 0 saturated carbocycles. The van der Waals surface area contributed by atoms with Crippen molar-refractivity contribution in [3.05, 3.63) is 30.2 Å². The van der Waals surface area contributed by atoms with E-state index < -0.39 is 5.91 Å². The summed E-state index contributed by atoms with van der Waals surface area (Å²) in [5.41, 5.74) is 5.21. The van der Waals surface area contributed by atoms with E-state index >= 15 is 0 Å². The number of nitrogens with zero attached hydrogens (tertiary/aromatic N) is 5. The maximum absolute atomic E-state index is 10.9. The first-order chi connectivity index (χ1) is 8.09. The fourth-order valence-corrected chi connectivity index (χ4v) is 1.38. The van der Waals surface area contributed by atoms with Gasteiger partial charge in [0.2, 0.25) is 0 Å². The Morgan fingerprint density at radius 3 is 2.59 bits per heavy atom. The van der Waals surface area contributed by atoms with Crippen LogP contribution in [0.3, 0.4) is 0 Å². The van der Waals surface area contributed by atoms with Gasteiger partial charge in [0, 0.05) is 5.92 Å². The predicted octanol–water partition coefficient (Wildman–Crippen LogP) is 0.280. The van der Waals surface area contributed by atoms with E-state index in [1.54, 1.807) is 4.68 Å². The summed E-state index contributed by atoms with van der Waals surface area (Å²) in [6.07, 6.45) is 4.23. The monoisotopic (exact) mass is 232 g/mol. The zero-order valence-electron chi connectivity index (χ0n) is 9.53. The standard InChI is InChI=1S/C10H12N6O/c1-6(2)10-14-5-15-16(10)8-4-12-7(3-13-8)9(11)17/h3-6H,1-2H3,(H2,11,17). The van der Waals surface area contributed by atoms with E-state index in [0.29, 0.717) is 5.82 Å². The Labute approximate surface area is 97.7 Å². The minimum Gasteiger partial charge on any atom is -0.364 e. The maximum Gasteiger partial charge on any atom is 0.268 e. The van der Waals surface area contributed by atoms with Crippen LogP contribution in [-0.4, -0.2) is 30.6 Å². The lowest BCUT2D eigenvalue weighted by atomic mass is 10.2. The highest BCUT2D eigenvalue weighted by atomic mass is 16.1. The minimum absolute atomic E-state index is 0.125. The van der Waals surface area contributed by atoms with Crippen molar-refractivity contribution < 1.29 is 4.79 Å². The van der Waals surface area contributed by atoms with Gasteiger partial charge in [0.1, 0.15) is 17.8 Å². The minimum atomic E-state index is -0.605. The summed E-state index contributed by atoms with van der Waals surface area (Å²) in [6.45, 7) is 4.01. The number of hydrogen-bond acceptors (Lipinski definition) is 5. The van der Waals surface area contributed by atoms with E-state index in [4.69, 9.17) is 5.73 Å². The lowest BCUT2D eigenvalue weighted by Crippen LogP contribution is -2.14. The van der Waals surface area contributed by atoms with E-state index in [1.807, 2.05) is 13.8 Å². The number of rotatable bonds is 3. The van der Waals surface area contributed by atoms with Crippen molar-refractivity contribution in [2.45, 2.75) is 19.8 Å². The van der Waals surface area contributed by atoms with Gasteiger partial charge in [-0.2, -0.15) is 9.78 Å². The molecule has 0 aliphatic carbocycles. The molecule has 0 aliphatic rings. The lowest BCUT2D eigenvalue weighted by molar-refractivity contribution is 0.0995. The van der Waals surface area contributed by atoms with Gasteiger partial charge in [-0.15, -0.1) is 0 Å². The molecule has 2 heterocycles. The lowest BCUT2D eigenvalue weighted by Gasteiger charge is -2.06. The molecule has 88 valence electrons. The first kappa shape index (κ1) is 11.2. The summed E-state index contributed by atoms with van der Waals surface area (Å²) in [7, 11) is 0. The Morgan fingerprint density at radius 1 is 1.29 bits per heavy atom. The van der Waals surface area contributed by atoms with Crippen LogP contribution in [0.25, 0.3) is 5.82 Å². The van der Waals surface area contributed by atoms with Crippen LogP contribution in [0.2, 0.25) is 0 Å². The highest BCUT2D eigenvalue weighted by Gasteiger charge is 2.12. The van der Waals surface area contributed by atoms with Crippen LogP contribution in [0.4, 0.5) is 0 Å². The molecule has 0 spiro atoms. The van der Waals surface area contributed by atoms with E-state index in [2.05, 4.69) is 20.1 Å². The van der Waals surface area contributed by atoms with E-state index in [-0.39, 0.29) is 11.6 Å². The molecule has 0 unspecified atom stereocenters. The largest absolute Gasteiger partial charge is 0.364 e. The molecule has 7 nitrogen and oxygen atoms in total. The molecular weight excluding hydrogens is 220 g/mol. The molecule has 0 aromatic carbocycles. The van der Waals surface area contributed by atoms with Crippen LogP contribution < -0.4 is 5.73 Å². The molecular formula is C10H12N6O. The Morgan fingerprint density at radius 2 is 2.06 bits per heavy atom. The van der Waals surface area contributed by atoms with Gasteiger partial charge in [-0.3, -0.25) is 4.79 Å². The molecule has 2 rings (SSSR count). The predicted molar refractivity (Wildman–Crippen MR) is 59.6 cm³/mol. The zero-order valence-corrected chi connectivity index (χ0v) is 9.53. The van der Waals surface area contributed by atoms with Gasteiger partial charge >= 0.3 is 0 Å². The van der Waals surface area contributed by atoms with Crippen molar-refractivity contribution in [3.63, 3.8) is 0 Å². The van der Waals surface area contributed by atoms with Crippen molar-refractivity contribution in [2.75, 3.05) is 0 Å². The number of primary amides is 1. The summed E-state index contributed by atoms with van der Waals surface area (Å²) in [6, 6.07) is 0. The van der Waals surface area contributed by atoms with Crippen LogP contribution in [0, 0.1) is 0 Å². The maximum atomic E-state index is 10.9. The molecule has 0 saturated heterocycles. The fourth-order valence-electron chi connectivity index (χ4n) is 1.38. The van der Waals surface area contributed by atoms with Gasteiger partial charge in [0.25, 0.3) is 5.91 Å². The molecule has 17 heavy (non-hydrogen) atoms. The summed E-state index contributed by atoms with van der Waals surface area (Å²) in [4.78, 5) is 23.0. The average molecular weight is 232 g/mol. The summed E-state index contributed by atoms with van der Waals surface area (Å²) >= 11 is 0. The third-order valence-corrected chi connectivity index (χ3v) is 2.20. The van der Waals surface area contributed by atoms with Crippen molar-refractivity contribution >= 4 is 5.91 Å². The second-order valence-corrected chi connectivity index (χ2v) is 3.81. The molecule has 2 aromatic rings. The van der Waals surface area contributed by atoms with Gasteiger partial charge < -0.3 is 5.73 Å². The molecule has 7 heteroatoms. The van der Waals surface area contributed by atoms with Crippen molar-refractivity contribution in [1.29, 1.82) is 0 Å². The van der Waals surface area contributed by atoms with Crippen LogP contribution in [0.5, 0.6) is 0 Å². The van der Waals surface area contributed by atoms with Crippen LogP contribution >= 0.6 is 0 Å². The highest BCUT2D eigenvalue weighted by molar-refractivity contribution is 5.90. The van der Waals surface area contributed by atoms with Crippen molar-refractivity contribution in [3.8, 4) is 5.82 Å². The van der Waals surface area contributed by atoms with Gasteiger partial charge in [0.05, 0.1) is 12.4 Å². The number of amides is 1. The molecule has 0 aliphatic heterocycles. The van der Waals surface area contributed by atoms with Gasteiger partial charge in [-0.05, 0) is 0 Å². The summed E-state index contributed by atoms with van der Waals surface area (Å²) in [5, 5.41) is 4.07. The first-order valence-electron chi connectivity index (χ1n) is 5.11. The van der Waals surface area contributed by atoms with Crippen molar-refractivity contribution in [1.82, 2.24) is 24.7 Å². The summed E-state index contributed by atoms with van der Waals surface area (Å²) < 4.78 is 1.59. The van der Waals surface area contributed by atoms with E-state index in [9.17, 15) is 4.79 Å². The zero-order chi connectivity index (χ0) is 12.4. The van der Waals surface area contributed by atoms with Gasteiger partial charge in [0.15, 0.2) is 5.82 Å². The topological polar surface area (TPSA) is 99.6 Å². The SMILES string of the molecule is CC(C)c1ncnn1-c1cnc(C(N)=O)cn1. The quantitative estimate of drug-likeness (QED) is 0.819. The molecule has 0 bridgehead atoms. The van der Waals surface area contributed by atoms with E-state index in [0.717, 1.165) is 5.82 Å². The van der Waals surface area contributed by atoms with Crippen LogP contribution in [0.15, 0.2) is 18.7 Å². The molecule has 0 atom stereocenters. The second-order valence-electron chi connectivity index (χ2n) is 3.81. The summed E-state index contributed by atoms with van der Waals surface area (Å²) in [5.74, 6) is 0.907. The number of nitrogens with two attached hydrogens (primary N) is 1. The van der Waals surface area contributed by atoms with Crippen LogP contribution in [0.1, 0.15) is 36.1 Å². The number of carbonyl (C=O) groups is 1. The first-order valence-corrected chi connectivity index (χ1v) is 5.11. The van der Waals surface area contributed by atoms with Crippen LogP contribution in [-0.2, 0) is 0 Å². The molecule has 2 N–H and O–H groups in total. The molecule has 0 radical (unpaired) electrons. The van der Waals surface area contributed by atoms with Gasteiger partial charge in [-0.1, -0.05) is 13.8 Å². The Kier molecular flexibility index (Phi) is 2.82. The number of aromatic nitrogens is 5. The van der Waals surface area contributed by atoms with E-state index in [1.165, 1.54) is 18.7 Å². The second kappa shape index (κ2) is 4.28. The molecule has 0 fully saturated rings. The highest BCUT2D eigenvalue weighted by Crippen LogP contribution is 2.13. The molecule has 1 amide bonds. The average Bonchev–Trinajstić information content (AvgIpc) is 2.78. The third-order valence-electron chi connectivity index (χ3n) is 2.20. The normalized spacial score (nSPS) is 10.8.